The van der Waals surface area contributed by atoms with E-state index in [0.29, 0.717) is 60.4 Å². The molecule has 1 amide bonds. The van der Waals surface area contributed by atoms with Crippen molar-refractivity contribution >= 4 is 23.5 Å². The number of rotatable bonds is 14. The summed E-state index contributed by atoms with van der Waals surface area (Å²) in [6.45, 7) is 4.22. The Balaban J connectivity index is 1.76. The molecule has 2 N–H and O–H groups in total. The van der Waals surface area contributed by atoms with Crippen LogP contribution in [0.1, 0.15) is 54.6 Å². The molecule has 1 aliphatic carbocycles. The molecule has 1 aromatic heterocycles. The van der Waals surface area contributed by atoms with Gasteiger partial charge in [0.05, 0.1) is 23.9 Å². The fourth-order valence-corrected chi connectivity index (χ4v) is 5.57. The normalized spacial score (nSPS) is 14.3. The molecular formula is C34H42ClN3O6. The maximum Gasteiger partial charge on any atom is 0.329 e. The molecule has 1 heterocycles. The van der Waals surface area contributed by atoms with Crippen molar-refractivity contribution in [2.75, 3.05) is 47.6 Å². The van der Waals surface area contributed by atoms with Crippen LogP contribution in [0.15, 0.2) is 48.5 Å². The van der Waals surface area contributed by atoms with Gasteiger partial charge in [0.1, 0.15) is 29.3 Å². The number of aliphatic carboxylic acids is 1. The first-order valence-electron chi connectivity index (χ1n) is 15.0. The van der Waals surface area contributed by atoms with Crippen molar-refractivity contribution in [3.05, 3.63) is 64.8 Å². The van der Waals surface area contributed by atoms with E-state index in [2.05, 4.69) is 10.2 Å². The van der Waals surface area contributed by atoms with Crippen LogP contribution in [-0.4, -0.2) is 80.0 Å². The number of hydrogen-bond acceptors (Lipinski definition) is 7. The minimum atomic E-state index is -1.30. The number of ether oxygens (including phenoxy) is 3. The number of hydrogen-bond donors (Lipinski definition) is 2. The van der Waals surface area contributed by atoms with Gasteiger partial charge in [-0.05, 0) is 87.8 Å². The zero-order chi connectivity index (χ0) is 31.7. The minimum absolute atomic E-state index is 0.128. The highest BCUT2D eigenvalue weighted by Crippen LogP contribution is 2.38. The molecule has 1 fully saturated rings. The van der Waals surface area contributed by atoms with Gasteiger partial charge in [0.2, 0.25) is 0 Å². The number of pyridine rings is 1. The number of aryl methyl sites for hydroxylation is 1. The van der Waals surface area contributed by atoms with E-state index in [-0.39, 0.29) is 5.69 Å². The van der Waals surface area contributed by atoms with Crippen molar-refractivity contribution < 1.29 is 28.9 Å². The topological polar surface area (TPSA) is 110 Å². The number of amides is 1. The largest absolute Gasteiger partial charge is 0.492 e. The summed E-state index contributed by atoms with van der Waals surface area (Å²) in [5.74, 6) is -0.343. The molecule has 10 heteroatoms. The molecule has 44 heavy (non-hydrogen) atoms. The van der Waals surface area contributed by atoms with E-state index >= 15 is 0 Å². The van der Waals surface area contributed by atoms with Crippen LogP contribution < -0.4 is 14.8 Å². The van der Waals surface area contributed by atoms with Crippen LogP contribution in [0.3, 0.4) is 0 Å². The minimum Gasteiger partial charge on any atom is -0.492 e. The van der Waals surface area contributed by atoms with E-state index in [1.165, 1.54) is 0 Å². The second-order valence-electron chi connectivity index (χ2n) is 11.5. The highest BCUT2D eigenvalue weighted by atomic mass is 35.5. The lowest BCUT2D eigenvalue weighted by Crippen LogP contribution is -2.55. The summed E-state index contributed by atoms with van der Waals surface area (Å²) in [5, 5.41) is 13.3. The summed E-state index contributed by atoms with van der Waals surface area (Å²) in [7, 11) is 5.64. The van der Waals surface area contributed by atoms with Crippen molar-refractivity contribution in [3.63, 3.8) is 0 Å². The number of halogens is 1. The lowest BCUT2D eigenvalue weighted by molar-refractivity contribution is -0.145. The molecule has 4 rings (SSSR count). The van der Waals surface area contributed by atoms with Crippen LogP contribution in [0.4, 0.5) is 0 Å². The van der Waals surface area contributed by atoms with E-state index < -0.39 is 17.4 Å². The predicted octanol–water partition coefficient (Wildman–Crippen LogP) is 6.25. The van der Waals surface area contributed by atoms with Gasteiger partial charge in [-0.1, -0.05) is 43.0 Å². The van der Waals surface area contributed by atoms with Crippen molar-refractivity contribution in [3.8, 4) is 33.9 Å². The van der Waals surface area contributed by atoms with Gasteiger partial charge in [-0.15, -0.1) is 0 Å². The van der Waals surface area contributed by atoms with Gasteiger partial charge >= 0.3 is 5.97 Å². The quantitative estimate of drug-likeness (QED) is 0.203. The molecule has 9 nitrogen and oxygen atoms in total. The summed E-state index contributed by atoms with van der Waals surface area (Å²) in [4.78, 5) is 32.7. The Hall–Kier alpha value is -3.66. The van der Waals surface area contributed by atoms with Gasteiger partial charge in [0, 0.05) is 24.8 Å². The van der Waals surface area contributed by atoms with Gasteiger partial charge in [-0.2, -0.15) is 0 Å². The molecule has 0 bridgehead atoms. The number of benzene rings is 2. The zero-order valence-corrected chi connectivity index (χ0v) is 26.7. The monoisotopic (exact) mass is 623 g/mol. The van der Waals surface area contributed by atoms with Crippen molar-refractivity contribution in [2.45, 2.75) is 51.0 Å². The Kier molecular flexibility index (Phi) is 11.6. The summed E-state index contributed by atoms with van der Waals surface area (Å²) in [6.07, 6.45) is 4.04. The number of nitrogens with one attached hydrogen (secondary N) is 1. The first-order chi connectivity index (χ1) is 21.1. The Morgan fingerprint density at radius 3 is 2.45 bits per heavy atom. The summed E-state index contributed by atoms with van der Waals surface area (Å²) in [6, 6.07) is 14.7. The van der Waals surface area contributed by atoms with E-state index in [0.717, 1.165) is 48.9 Å². The van der Waals surface area contributed by atoms with E-state index in [4.69, 9.17) is 30.8 Å². The molecule has 0 unspecified atom stereocenters. The maximum absolute atomic E-state index is 13.6. The predicted molar refractivity (Wildman–Crippen MR) is 172 cm³/mol. The molecular weight excluding hydrogens is 582 g/mol. The molecule has 0 radical (unpaired) electrons. The van der Waals surface area contributed by atoms with Crippen LogP contribution in [0.25, 0.3) is 22.4 Å². The fourth-order valence-electron chi connectivity index (χ4n) is 5.40. The summed E-state index contributed by atoms with van der Waals surface area (Å²) < 4.78 is 17.1. The Morgan fingerprint density at radius 1 is 0.977 bits per heavy atom. The molecule has 0 aliphatic heterocycles. The molecule has 0 saturated heterocycles. The first-order valence-corrected chi connectivity index (χ1v) is 15.4. The smallest absolute Gasteiger partial charge is 0.329 e. The molecule has 2 aromatic carbocycles. The Bertz CT molecular complexity index is 1450. The lowest BCUT2D eigenvalue weighted by Gasteiger charge is -2.33. The van der Waals surface area contributed by atoms with Crippen LogP contribution in [-0.2, 0) is 9.53 Å². The van der Waals surface area contributed by atoms with Gasteiger partial charge in [-0.25, -0.2) is 9.78 Å². The second kappa shape index (κ2) is 15.4. The Morgan fingerprint density at radius 2 is 1.75 bits per heavy atom. The molecule has 1 aliphatic rings. The number of carboxylic acids is 1. The third-order valence-electron chi connectivity index (χ3n) is 7.86. The van der Waals surface area contributed by atoms with Gasteiger partial charge in [0.15, 0.2) is 0 Å². The molecule has 3 aromatic rings. The van der Waals surface area contributed by atoms with Crippen molar-refractivity contribution in [2.24, 2.45) is 0 Å². The van der Waals surface area contributed by atoms with E-state index in [1.807, 2.05) is 57.4 Å². The molecule has 0 spiro atoms. The summed E-state index contributed by atoms with van der Waals surface area (Å²) in [5.41, 5.74) is 2.73. The van der Waals surface area contributed by atoms with Gasteiger partial charge in [0.25, 0.3) is 5.91 Å². The first kappa shape index (κ1) is 33.2. The zero-order valence-electron chi connectivity index (χ0n) is 26.0. The number of aromatic nitrogens is 1. The number of nitrogens with zero attached hydrogens (tertiary/aromatic N) is 2. The van der Waals surface area contributed by atoms with Crippen LogP contribution >= 0.6 is 11.6 Å². The average molecular weight is 624 g/mol. The average Bonchev–Trinajstić information content (AvgIpc) is 3.01. The molecule has 1 saturated carbocycles. The highest BCUT2D eigenvalue weighted by Gasteiger charge is 2.41. The van der Waals surface area contributed by atoms with Crippen LogP contribution in [0, 0.1) is 6.92 Å². The van der Waals surface area contributed by atoms with E-state index in [9.17, 15) is 14.7 Å². The van der Waals surface area contributed by atoms with E-state index in [1.54, 1.807) is 19.2 Å². The van der Waals surface area contributed by atoms with Crippen LogP contribution in [0.2, 0.25) is 5.02 Å². The van der Waals surface area contributed by atoms with Gasteiger partial charge < -0.3 is 29.5 Å². The standard InChI is InChI=1S/C34H42ClN3O6/c1-23-9-11-25(43-20-19-42-4)22-27(23)26-12-14-29(32(39)37-34(33(40)41)15-6-5-7-16-34)36-31(26)24-10-13-28(35)30(21-24)44-18-8-17-38(2)3/h9-14,21-22H,5-8,15-20H2,1-4H3,(H,37,39)(H,40,41). The lowest BCUT2D eigenvalue weighted by atomic mass is 9.81. The number of carbonyl (C=O) groups excluding carboxylic acids is 1. The second-order valence-corrected chi connectivity index (χ2v) is 11.9. The summed E-state index contributed by atoms with van der Waals surface area (Å²) >= 11 is 6.52. The third kappa shape index (κ3) is 8.28. The maximum atomic E-state index is 13.6. The highest BCUT2D eigenvalue weighted by molar-refractivity contribution is 6.32. The van der Waals surface area contributed by atoms with Crippen molar-refractivity contribution in [1.29, 1.82) is 0 Å². The number of carboxylic acid groups (broad SMARTS) is 1. The molecule has 236 valence electrons. The van der Waals surface area contributed by atoms with Crippen molar-refractivity contribution in [1.82, 2.24) is 15.2 Å². The number of carbonyl (C=O) groups is 2. The SMILES string of the molecule is COCCOc1ccc(C)c(-c2ccc(C(=O)NC3(C(=O)O)CCCCC3)nc2-c2ccc(Cl)c(OCCCN(C)C)c2)c1. The number of methoxy groups -OCH3 is 1. The van der Waals surface area contributed by atoms with Crippen LogP contribution in [0.5, 0.6) is 11.5 Å². The third-order valence-corrected chi connectivity index (χ3v) is 8.18. The van der Waals surface area contributed by atoms with Gasteiger partial charge in [-0.3, -0.25) is 4.79 Å². The molecule has 0 atom stereocenters. The Labute approximate surface area is 264 Å². The fraction of sp³-hybridized carbons (Fsp3) is 0.441.